The van der Waals surface area contributed by atoms with E-state index in [1.807, 2.05) is 78.4 Å². The summed E-state index contributed by atoms with van der Waals surface area (Å²) in [7, 11) is 0. The van der Waals surface area contributed by atoms with E-state index in [0.717, 1.165) is 55.8 Å². The van der Waals surface area contributed by atoms with Crippen molar-refractivity contribution in [1.29, 1.82) is 0 Å². The van der Waals surface area contributed by atoms with Crippen molar-refractivity contribution in [3.63, 3.8) is 0 Å². The quantitative estimate of drug-likeness (QED) is 0.174. The monoisotopic (exact) mass is 859 g/mol. The second-order valence-electron chi connectivity index (χ2n) is 19.2. The number of hydrogen-bond donors (Lipinski definition) is 1. The van der Waals surface area contributed by atoms with Gasteiger partial charge in [-0.15, -0.1) is 0 Å². The predicted molar refractivity (Wildman–Crippen MR) is 274 cm³/mol. The molecular formula is C61H59N3O. The molecule has 1 N–H and O–H groups in total. The first-order chi connectivity index (χ1) is 34.7. The Kier molecular flexibility index (Phi) is 8.50. The number of hydrogen-bond acceptors (Lipinski definition) is 3. The standard InChI is InChI=1S/C61H59N3O/c1-39-32-48(60(5,6)7)38-52(57(39)65)58-63-56-50(22-17-23-55(56)64(58)54-29-28-47(59(2,3)4)37-51(54)43-20-15-12-16-21-43)45-33-46(35-49(34-45)61(8,9)10)53-36-44(30-31-62-53)42-26-24-41(25-27-42)40-18-13-11-14-19-40/h11-38,65H,1-10H3/i2D3,3D3,4D3. The molecule has 4 nitrogen and oxygen atoms in total. The summed E-state index contributed by atoms with van der Waals surface area (Å²) in [6.45, 7) is 4.18. The molecule has 4 heteroatoms. The minimum Gasteiger partial charge on any atom is -0.507 e. The molecule has 0 fully saturated rings. The summed E-state index contributed by atoms with van der Waals surface area (Å²) in [6, 6.07) is 52.5. The fourth-order valence-corrected chi connectivity index (χ4v) is 8.57. The summed E-state index contributed by atoms with van der Waals surface area (Å²) in [5.41, 5.74) is 9.10. The van der Waals surface area contributed by atoms with Crippen LogP contribution >= 0.6 is 0 Å². The summed E-state index contributed by atoms with van der Waals surface area (Å²) >= 11 is 0. The summed E-state index contributed by atoms with van der Waals surface area (Å²) < 4.78 is 79.3. The average molecular weight is 859 g/mol. The third-order valence-electron chi connectivity index (χ3n) is 12.3. The van der Waals surface area contributed by atoms with Crippen LogP contribution < -0.4 is 0 Å². The number of pyridine rings is 1. The van der Waals surface area contributed by atoms with E-state index in [1.54, 1.807) is 30.3 Å². The maximum Gasteiger partial charge on any atom is 0.149 e. The van der Waals surface area contributed by atoms with Crippen molar-refractivity contribution in [1.82, 2.24) is 14.5 Å². The molecule has 0 aliphatic heterocycles. The van der Waals surface area contributed by atoms with Gasteiger partial charge in [-0.1, -0.05) is 177 Å². The summed E-state index contributed by atoms with van der Waals surface area (Å²) in [6.07, 6.45) is 1.84. The SMILES string of the molecule is [2H]C([2H])([2H])C(c1ccc(-n2c(-c3cc(C(C)(C)C)cc(C)c3O)nc3c(-c4cc(-c5cc(-c6ccc(-c7ccccc7)cc6)ccn5)cc(C(C)(C)C)c4)cccc32)c(-c2ccccc2)c1)(C([2H])([2H])[2H])C([2H])([2H])[2H]. The highest BCUT2D eigenvalue weighted by Crippen LogP contribution is 2.44. The summed E-state index contributed by atoms with van der Waals surface area (Å²) in [4.78, 5) is 10.4. The van der Waals surface area contributed by atoms with Crippen LogP contribution in [0.5, 0.6) is 5.75 Å². The molecule has 0 atom stereocenters. The van der Waals surface area contributed by atoms with Gasteiger partial charge in [0.05, 0.1) is 28.0 Å². The number of aryl methyl sites for hydroxylation is 1. The van der Waals surface area contributed by atoms with Crippen LogP contribution in [-0.4, -0.2) is 19.6 Å². The first-order valence-corrected chi connectivity index (χ1v) is 22.0. The average Bonchev–Trinajstić information content (AvgIpc) is 3.73. The van der Waals surface area contributed by atoms with E-state index in [0.29, 0.717) is 44.8 Å². The van der Waals surface area contributed by atoms with Crippen LogP contribution in [0.2, 0.25) is 0 Å². The number of phenols is 1. The number of phenolic OH excluding ortho intramolecular Hbond substituents is 1. The molecular weight excluding hydrogens is 791 g/mol. The Balaban J connectivity index is 1.32. The minimum atomic E-state index is -3.48. The number of nitrogens with zero attached hydrogens (tertiary/aromatic N) is 3. The van der Waals surface area contributed by atoms with Crippen LogP contribution in [0.3, 0.4) is 0 Å². The molecule has 0 aliphatic rings. The highest BCUT2D eigenvalue weighted by Gasteiger charge is 2.27. The number of benzene rings is 7. The normalized spacial score (nSPS) is 14.8. The van der Waals surface area contributed by atoms with Crippen molar-refractivity contribution in [3.05, 3.63) is 192 Å². The van der Waals surface area contributed by atoms with Crippen molar-refractivity contribution < 1.29 is 17.4 Å². The molecule has 0 unspecified atom stereocenters. The van der Waals surface area contributed by atoms with E-state index in [1.165, 1.54) is 12.1 Å². The van der Waals surface area contributed by atoms with Crippen molar-refractivity contribution >= 4 is 11.0 Å². The molecule has 2 aromatic heterocycles. The van der Waals surface area contributed by atoms with Gasteiger partial charge >= 0.3 is 0 Å². The van der Waals surface area contributed by atoms with E-state index in [4.69, 9.17) is 22.3 Å². The lowest BCUT2D eigenvalue weighted by Crippen LogP contribution is -2.13. The van der Waals surface area contributed by atoms with Crippen molar-refractivity contribution in [2.75, 3.05) is 0 Å². The van der Waals surface area contributed by atoms with Crippen LogP contribution in [0, 0.1) is 6.92 Å². The van der Waals surface area contributed by atoms with Gasteiger partial charge in [-0.3, -0.25) is 9.55 Å². The Hall–Kier alpha value is -7.04. The fraction of sp³-hybridized carbons (Fsp3) is 0.213. The predicted octanol–water partition coefficient (Wildman–Crippen LogP) is 16.3. The Labute approximate surface area is 398 Å². The second-order valence-corrected chi connectivity index (χ2v) is 19.2. The number of imidazole rings is 1. The van der Waals surface area contributed by atoms with Gasteiger partial charge in [-0.05, 0) is 127 Å². The zero-order chi connectivity index (χ0) is 53.3. The van der Waals surface area contributed by atoms with E-state index >= 15 is 0 Å². The Morgan fingerprint density at radius 2 is 1.08 bits per heavy atom. The molecule has 324 valence electrons. The molecule has 2 heterocycles. The van der Waals surface area contributed by atoms with E-state index in [2.05, 4.69) is 102 Å². The molecule has 9 aromatic rings. The molecule has 65 heavy (non-hydrogen) atoms. The molecule has 0 spiro atoms. The zero-order valence-electron chi connectivity index (χ0n) is 47.0. The Morgan fingerprint density at radius 3 is 1.74 bits per heavy atom. The zero-order valence-corrected chi connectivity index (χ0v) is 38.0. The van der Waals surface area contributed by atoms with Gasteiger partial charge in [-0.25, -0.2) is 4.98 Å². The summed E-state index contributed by atoms with van der Waals surface area (Å²) in [5.74, 6) is 0.371. The maximum absolute atomic E-state index is 12.1. The third kappa shape index (κ3) is 8.54. The van der Waals surface area contributed by atoms with Crippen LogP contribution in [0.4, 0.5) is 0 Å². The molecule has 0 aliphatic carbocycles. The van der Waals surface area contributed by atoms with E-state index < -0.39 is 26.0 Å². The van der Waals surface area contributed by atoms with Gasteiger partial charge in [0.1, 0.15) is 11.6 Å². The largest absolute Gasteiger partial charge is 0.507 e. The smallest absolute Gasteiger partial charge is 0.149 e. The number of aromatic nitrogens is 3. The molecule has 0 bridgehead atoms. The molecule has 9 rings (SSSR count). The van der Waals surface area contributed by atoms with Crippen LogP contribution in [0.15, 0.2) is 170 Å². The number of fused-ring (bicyclic) bond motifs is 1. The van der Waals surface area contributed by atoms with Gasteiger partial charge in [0, 0.05) is 35.2 Å². The van der Waals surface area contributed by atoms with E-state index in [9.17, 15) is 5.11 Å². The Morgan fingerprint density at radius 1 is 0.477 bits per heavy atom. The highest BCUT2D eigenvalue weighted by molar-refractivity contribution is 5.98. The van der Waals surface area contributed by atoms with Crippen LogP contribution in [0.1, 0.15) is 96.7 Å². The van der Waals surface area contributed by atoms with Gasteiger partial charge in [0.2, 0.25) is 0 Å². The van der Waals surface area contributed by atoms with Gasteiger partial charge in [0.15, 0.2) is 0 Å². The number of aromatic hydroxyl groups is 1. The lowest BCUT2D eigenvalue weighted by molar-refractivity contribution is 0.471. The van der Waals surface area contributed by atoms with E-state index in [-0.39, 0.29) is 22.1 Å². The maximum atomic E-state index is 12.1. The highest BCUT2D eigenvalue weighted by atomic mass is 16.3. The number of para-hydroxylation sites is 1. The van der Waals surface area contributed by atoms with Gasteiger partial charge < -0.3 is 5.11 Å². The van der Waals surface area contributed by atoms with Crippen molar-refractivity contribution in [2.24, 2.45) is 0 Å². The van der Waals surface area contributed by atoms with Gasteiger partial charge in [0.25, 0.3) is 0 Å². The lowest BCUT2D eigenvalue weighted by atomic mass is 9.83. The number of rotatable bonds is 7. The molecule has 0 saturated carbocycles. The first-order valence-electron chi connectivity index (χ1n) is 26.5. The lowest BCUT2D eigenvalue weighted by Gasteiger charge is -2.24. The van der Waals surface area contributed by atoms with Crippen LogP contribution in [0.25, 0.3) is 83.9 Å². The van der Waals surface area contributed by atoms with Crippen LogP contribution in [-0.2, 0) is 16.2 Å². The molecule has 0 saturated heterocycles. The van der Waals surface area contributed by atoms with Gasteiger partial charge in [-0.2, -0.15) is 0 Å². The minimum absolute atomic E-state index is 0.0119. The Bertz CT molecular complexity index is 3510. The molecule has 0 amide bonds. The first kappa shape index (κ1) is 33.5. The molecule has 0 radical (unpaired) electrons. The third-order valence-corrected chi connectivity index (χ3v) is 12.3. The van der Waals surface area contributed by atoms with Crippen molar-refractivity contribution in [3.8, 4) is 78.6 Å². The fourth-order valence-electron chi connectivity index (χ4n) is 8.57. The van der Waals surface area contributed by atoms with Crippen molar-refractivity contribution in [2.45, 2.75) is 85.3 Å². The second kappa shape index (κ2) is 16.5. The summed E-state index contributed by atoms with van der Waals surface area (Å²) in [5, 5.41) is 12.1. The topological polar surface area (TPSA) is 50.9 Å². The molecule has 7 aromatic carbocycles.